The van der Waals surface area contributed by atoms with Gasteiger partial charge in [0.15, 0.2) is 5.82 Å². The van der Waals surface area contributed by atoms with Crippen molar-refractivity contribution in [3.05, 3.63) is 16.8 Å². The Morgan fingerprint density at radius 3 is 2.26 bits per heavy atom. The molecule has 0 saturated carbocycles. The normalized spacial score (nSPS) is 11.5. The van der Waals surface area contributed by atoms with Crippen LogP contribution in [-0.2, 0) is 0 Å². The second kappa shape index (κ2) is 5.43. The van der Waals surface area contributed by atoms with Crippen LogP contribution < -0.4 is 4.90 Å². The number of anilines is 1. The van der Waals surface area contributed by atoms with Crippen molar-refractivity contribution in [1.82, 2.24) is 10.2 Å². The summed E-state index contributed by atoms with van der Waals surface area (Å²) in [7, 11) is 0. The molecule has 1 aromatic heterocycles. The van der Waals surface area contributed by atoms with Gasteiger partial charge in [-0.15, -0.1) is 5.10 Å². The van der Waals surface area contributed by atoms with Crippen LogP contribution in [0.1, 0.15) is 30.7 Å². The summed E-state index contributed by atoms with van der Waals surface area (Å²) in [5.41, 5.74) is 1.24. The van der Waals surface area contributed by atoms with Crippen LogP contribution in [0.15, 0.2) is 0 Å². The third kappa shape index (κ3) is 3.56. The summed E-state index contributed by atoms with van der Waals surface area (Å²) in [6.45, 7) is 5.39. The molecule has 0 aliphatic heterocycles. The van der Waals surface area contributed by atoms with Crippen LogP contribution in [0.2, 0.25) is 0 Å². The highest BCUT2D eigenvalue weighted by molar-refractivity contribution is 5.58. The fourth-order valence-electron chi connectivity index (χ4n) is 1.63. The maximum atomic E-state index is 12.6. The maximum absolute atomic E-state index is 12.6. The van der Waals surface area contributed by atoms with Crippen molar-refractivity contribution in [3.63, 3.8) is 0 Å². The standard InChI is InChI=1S/C12H15F3N4/c1-7(2)19(6-12(13,14)15)11-10(5-16)8(3)9(4)17-18-11/h7H,6H2,1-4H3. The minimum Gasteiger partial charge on any atom is -0.342 e. The lowest BCUT2D eigenvalue weighted by Gasteiger charge is -2.29. The molecule has 0 fully saturated rings. The molecule has 0 unspecified atom stereocenters. The predicted octanol–water partition coefficient (Wildman–Crippen LogP) is 2.74. The fraction of sp³-hybridized carbons (Fsp3) is 0.583. The monoisotopic (exact) mass is 272 g/mol. The molecule has 0 bridgehead atoms. The Morgan fingerprint density at radius 2 is 1.84 bits per heavy atom. The van der Waals surface area contributed by atoms with Gasteiger partial charge in [-0.2, -0.15) is 23.5 Å². The van der Waals surface area contributed by atoms with Crippen LogP contribution >= 0.6 is 0 Å². The maximum Gasteiger partial charge on any atom is 0.405 e. The molecule has 0 N–H and O–H groups in total. The lowest BCUT2D eigenvalue weighted by molar-refractivity contribution is -0.120. The van der Waals surface area contributed by atoms with Crippen LogP contribution in [-0.4, -0.2) is 29.0 Å². The van der Waals surface area contributed by atoms with E-state index < -0.39 is 18.8 Å². The van der Waals surface area contributed by atoms with Gasteiger partial charge in [0, 0.05) is 6.04 Å². The molecule has 0 amide bonds. The van der Waals surface area contributed by atoms with E-state index >= 15 is 0 Å². The first kappa shape index (κ1) is 15.2. The summed E-state index contributed by atoms with van der Waals surface area (Å²) >= 11 is 0. The fourth-order valence-corrected chi connectivity index (χ4v) is 1.63. The summed E-state index contributed by atoms with van der Waals surface area (Å²) in [5, 5.41) is 16.7. The molecule has 1 rings (SSSR count). The lowest BCUT2D eigenvalue weighted by Crippen LogP contribution is -2.40. The van der Waals surface area contributed by atoms with Crippen molar-refractivity contribution in [2.75, 3.05) is 11.4 Å². The number of hydrogen-bond donors (Lipinski definition) is 0. The Hall–Kier alpha value is -1.84. The molecule has 0 aromatic carbocycles. The van der Waals surface area contributed by atoms with Gasteiger partial charge in [0.2, 0.25) is 0 Å². The lowest BCUT2D eigenvalue weighted by atomic mass is 10.1. The van der Waals surface area contributed by atoms with E-state index in [1.54, 1.807) is 27.7 Å². The molecule has 0 atom stereocenters. The Bertz CT molecular complexity index is 503. The third-order valence-electron chi connectivity index (χ3n) is 2.79. The second-order valence-electron chi connectivity index (χ2n) is 4.56. The van der Waals surface area contributed by atoms with E-state index in [4.69, 9.17) is 5.26 Å². The number of halogens is 3. The highest BCUT2D eigenvalue weighted by Gasteiger charge is 2.34. The average molecular weight is 272 g/mol. The van der Waals surface area contributed by atoms with Gasteiger partial charge in [-0.25, -0.2) is 0 Å². The van der Waals surface area contributed by atoms with Crippen LogP contribution in [0.25, 0.3) is 0 Å². The molecule has 0 radical (unpaired) electrons. The summed E-state index contributed by atoms with van der Waals surface area (Å²) < 4.78 is 37.8. The number of hydrogen-bond acceptors (Lipinski definition) is 4. The zero-order valence-corrected chi connectivity index (χ0v) is 11.2. The van der Waals surface area contributed by atoms with Gasteiger partial charge in [-0.3, -0.25) is 0 Å². The van der Waals surface area contributed by atoms with Crippen molar-refractivity contribution in [3.8, 4) is 6.07 Å². The van der Waals surface area contributed by atoms with Crippen molar-refractivity contribution in [1.29, 1.82) is 5.26 Å². The van der Waals surface area contributed by atoms with Crippen LogP contribution in [0.4, 0.5) is 19.0 Å². The zero-order chi connectivity index (χ0) is 14.8. The van der Waals surface area contributed by atoms with Crippen molar-refractivity contribution in [2.45, 2.75) is 39.9 Å². The van der Waals surface area contributed by atoms with E-state index in [1.807, 2.05) is 6.07 Å². The Balaban J connectivity index is 3.32. The first-order valence-electron chi connectivity index (χ1n) is 5.74. The highest BCUT2D eigenvalue weighted by Crippen LogP contribution is 2.26. The molecule has 0 spiro atoms. The van der Waals surface area contributed by atoms with Gasteiger partial charge in [0.25, 0.3) is 0 Å². The van der Waals surface area contributed by atoms with Gasteiger partial charge in [0.1, 0.15) is 18.2 Å². The SMILES string of the molecule is Cc1nnc(N(CC(F)(F)F)C(C)C)c(C#N)c1C. The third-order valence-corrected chi connectivity index (χ3v) is 2.79. The van der Waals surface area contributed by atoms with Crippen molar-refractivity contribution < 1.29 is 13.2 Å². The smallest absolute Gasteiger partial charge is 0.342 e. The predicted molar refractivity (Wildman–Crippen MR) is 64.8 cm³/mol. The number of nitrogens with zero attached hydrogens (tertiary/aromatic N) is 4. The Morgan fingerprint density at radius 1 is 1.26 bits per heavy atom. The van der Waals surface area contributed by atoms with Crippen molar-refractivity contribution >= 4 is 5.82 Å². The quantitative estimate of drug-likeness (QED) is 0.849. The van der Waals surface area contributed by atoms with Gasteiger partial charge < -0.3 is 4.90 Å². The molecule has 1 heterocycles. The number of nitriles is 1. The van der Waals surface area contributed by atoms with E-state index in [-0.39, 0.29) is 11.4 Å². The van der Waals surface area contributed by atoms with Crippen molar-refractivity contribution in [2.24, 2.45) is 0 Å². The molecule has 4 nitrogen and oxygen atoms in total. The van der Waals surface area contributed by atoms with E-state index in [2.05, 4.69) is 10.2 Å². The molecule has 1 aromatic rings. The highest BCUT2D eigenvalue weighted by atomic mass is 19.4. The molecule has 7 heteroatoms. The first-order valence-corrected chi connectivity index (χ1v) is 5.74. The molecule has 0 aliphatic rings. The number of aromatic nitrogens is 2. The molecular weight excluding hydrogens is 257 g/mol. The van der Waals surface area contributed by atoms with Gasteiger partial charge in [0.05, 0.1) is 5.69 Å². The van der Waals surface area contributed by atoms with Gasteiger partial charge in [-0.05, 0) is 33.3 Å². The Kier molecular flexibility index (Phi) is 4.35. The first-order chi connectivity index (χ1) is 8.67. The van der Waals surface area contributed by atoms with Crippen LogP contribution in [0.5, 0.6) is 0 Å². The summed E-state index contributed by atoms with van der Waals surface area (Å²) in [6.07, 6.45) is -4.36. The van der Waals surface area contributed by atoms with E-state index in [9.17, 15) is 13.2 Å². The number of alkyl halides is 3. The van der Waals surface area contributed by atoms with Gasteiger partial charge >= 0.3 is 6.18 Å². The Labute approximate surface area is 109 Å². The van der Waals surface area contributed by atoms with Gasteiger partial charge in [-0.1, -0.05) is 0 Å². The summed E-state index contributed by atoms with van der Waals surface area (Å²) in [4.78, 5) is 1.04. The molecule has 0 saturated heterocycles. The summed E-state index contributed by atoms with van der Waals surface area (Å²) in [5.74, 6) is -0.0158. The van der Waals surface area contributed by atoms with E-state index in [0.29, 0.717) is 11.3 Å². The molecular formula is C12H15F3N4. The van der Waals surface area contributed by atoms with E-state index in [0.717, 1.165) is 4.90 Å². The second-order valence-corrected chi connectivity index (χ2v) is 4.56. The summed E-state index contributed by atoms with van der Waals surface area (Å²) in [6, 6.07) is 1.47. The minimum absolute atomic E-state index is 0.0158. The zero-order valence-electron chi connectivity index (χ0n) is 11.2. The molecule has 104 valence electrons. The number of rotatable bonds is 3. The molecule has 0 aliphatic carbocycles. The largest absolute Gasteiger partial charge is 0.405 e. The average Bonchev–Trinajstić information content (AvgIpc) is 2.28. The minimum atomic E-state index is -4.36. The molecule has 19 heavy (non-hydrogen) atoms. The van der Waals surface area contributed by atoms with E-state index in [1.165, 1.54) is 0 Å². The van der Waals surface area contributed by atoms with Crippen LogP contribution in [0.3, 0.4) is 0 Å². The topological polar surface area (TPSA) is 52.8 Å². The van der Waals surface area contributed by atoms with Crippen LogP contribution in [0, 0.1) is 25.2 Å². The number of aryl methyl sites for hydroxylation is 1.